The fraction of sp³-hybridized carbons (Fsp3) is 0.250. The monoisotopic (exact) mass is 295 g/mol. The molecule has 0 aliphatic heterocycles. The van der Waals surface area contributed by atoms with Crippen LogP contribution in [0.15, 0.2) is 42.5 Å². The molecular formula is C16H16ClF2N. The summed E-state index contributed by atoms with van der Waals surface area (Å²) >= 11 is 5.93. The van der Waals surface area contributed by atoms with Crippen molar-refractivity contribution in [3.05, 3.63) is 70.2 Å². The first-order valence-corrected chi connectivity index (χ1v) is 6.72. The number of benzene rings is 2. The molecule has 0 aliphatic carbocycles. The van der Waals surface area contributed by atoms with Crippen molar-refractivity contribution in [2.45, 2.75) is 25.3 Å². The van der Waals surface area contributed by atoms with Crippen LogP contribution in [-0.4, -0.2) is 5.54 Å². The first-order chi connectivity index (χ1) is 9.39. The predicted octanol–water partition coefficient (Wildman–Crippen LogP) is 4.12. The van der Waals surface area contributed by atoms with Gasteiger partial charge < -0.3 is 5.73 Å². The molecule has 2 aromatic rings. The second-order valence-electron chi connectivity index (χ2n) is 5.31. The molecule has 1 atom stereocenters. The maximum Gasteiger partial charge on any atom is 0.142 e. The van der Waals surface area contributed by atoms with E-state index in [1.54, 1.807) is 37.3 Å². The average molecular weight is 296 g/mol. The van der Waals surface area contributed by atoms with Gasteiger partial charge in [-0.1, -0.05) is 41.9 Å². The van der Waals surface area contributed by atoms with Gasteiger partial charge in [0.05, 0.1) is 5.02 Å². The summed E-state index contributed by atoms with van der Waals surface area (Å²) in [4.78, 5) is 0. The minimum atomic E-state index is -0.709. The zero-order chi connectivity index (χ0) is 14.8. The van der Waals surface area contributed by atoms with Gasteiger partial charge in [0, 0.05) is 5.54 Å². The van der Waals surface area contributed by atoms with Crippen LogP contribution in [0.5, 0.6) is 0 Å². The van der Waals surface area contributed by atoms with Gasteiger partial charge in [0.25, 0.3) is 0 Å². The molecule has 106 valence electrons. The highest BCUT2D eigenvalue weighted by Crippen LogP contribution is 2.25. The van der Waals surface area contributed by atoms with Gasteiger partial charge in [-0.15, -0.1) is 0 Å². The Hall–Kier alpha value is -1.45. The van der Waals surface area contributed by atoms with E-state index in [4.69, 9.17) is 17.3 Å². The van der Waals surface area contributed by atoms with E-state index < -0.39 is 11.4 Å². The molecule has 0 amide bonds. The summed E-state index contributed by atoms with van der Waals surface area (Å²) in [7, 11) is 0. The fourth-order valence-corrected chi connectivity index (χ4v) is 2.45. The van der Waals surface area contributed by atoms with E-state index in [1.807, 2.05) is 0 Å². The van der Waals surface area contributed by atoms with Crippen LogP contribution in [0, 0.1) is 11.6 Å². The first kappa shape index (κ1) is 14.9. The number of rotatable bonds is 4. The van der Waals surface area contributed by atoms with E-state index in [0.717, 1.165) is 0 Å². The van der Waals surface area contributed by atoms with Crippen molar-refractivity contribution >= 4 is 11.6 Å². The van der Waals surface area contributed by atoms with E-state index in [9.17, 15) is 8.78 Å². The Morgan fingerprint density at radius 2 is 1.50 bits per heavy atom. The lowest BCUT2D eigenvalue weighted by Gasteiger charge is -2.25. The van der Waals surface area contributed by atoms with Crippen molar-refractivity contribution in [3.8, 4) is 0 Å². The first-order valence-electron chi connectivity index (χ1n) is 6.34. The molecule has 0 spiro atoms. The van der Waals surface area contributed by atoms with Crippen LogP contribution in [0.4, 0.5) is 8.78 Å². The van der Waals surface area contributed by atoms with Gasteiger partial charge in [-0.3, -0.25) is 0 Å². The number of hydrogen-bond acceptors (Lipinski definition) is 1. The molecule has 2 aromatic carbocycles. The van der Waals surface area contributed by atoms with E-state index in [0.29, 0.717) is 24.0 Å². The minimum absolute atomic E-state index is 0.0812. The van der Waals surface area contributed by atoms with Crippen molar-refractivity contribution in [2.24, 2.45) is 5.73 Å². The van der Waals surface area contributed by atoms with E-state index >= 15 is 0 Å². The SMILES string of the molecule is CC(N)(Cc1ccccc1F)Cc1cccc(F)c1Cl. The summed E-state index contributed by atoms with van der Waals surface area (Å²) in [5.41, 5.74) is 6.69. The van der Waals surface area contributed by atoms with Gasteiger partial charge in [-0.05, 0) is 43.0 Å². The molecule has 1 nitrogen and oxygen atoms in total. The van der Waals surface area contributed by atoms with Crippen LogP contribution in [0.3, 0.4) is 0 Å². The van der Waals surface area contributed by atoms with Crippen LogP contribution >= 0.6 is 11.6 Å². The number of halogens is 3. The Morgan fingerprint density at radius 3 is 2.20 bits per heavy atom. The fourth-order valence-electron chi connectivity index (χ4n) is 2.26. The maximum absolute atomic E-state index is 13.7. The molecule has 2 rings (SSSR count). The Bertz CT molecular complexity index is 611. The highest BCUT2D eigenvalue weighted by molar-refractivity contribution is 6.31. The lowest BCUT2D eigenvalue weighted by Crippen LogP contribution is -2.41. The second-order valence-corrected chi connectivity index (χ2v) is 5.69. The molecule has 20 heavy (non-hydrogen) atoms. The quantitative estimate of drug-likeness (QED) is 0.902. The van der Waals surface area contributed by atoms with Gasteiger partial charge in [0.2, 0.25) is 0 Å². The lowest BCUT2D eigenvalue weighted by atomic mass is 9.87. The molecule has 0 saturated carbocycles. The van der Waals surface area contributed by atoms with Crippen LogP contribution in [-0.2, 0) is 12.8 Å². The molecule has 2 N–H and O–H groups in total. The lowest BCUT2D eigenvalue weighted by molar-refractivity contribution is 0.450. The van der Waals surface area contributed by atoms with Crippen molar-refractivity contribution in [2.75, 3.05) is 0 Å². The van der Waals surface area contributed by atoms with Crippen molar-refractivity contribution in [3.63, 3.8) is 0 Å². The highest BCUT2D eigenvalue weighted by atomic mass is 35.5. The average Bonchev–Trinajstić information content (AvgIpc) is 2.37. The third kappa shape index (κ3) is 3.56. The summed E-state index contributed by atoms with van der Waals surface area (Å²) in [5.74, 6) is -0.750. The summed E-state index contributed by atoms with van der Waals surface area (Å²) in [6.45, 7) is 1.81. The normalized spacial score (nSPS) is 14.1. The summed E-state index contributed by atoms with van der Waals surface area (Å²) in [6.07, 6.45) is 0.727. The smallest absolute Gasteiger partial charge is 0.142 e. The minimum Gasteiger partial charge on any atom is -0.325 e. The van der Waals surface area contributed by atoms with Crippen LogP contribution < -0.4 is 5.73 Å². The third-order valence-electron chi connectivity index (χ3n) is 3.18. The van der Waals surface area contributed by atoms with Gasteiger partial charge in [0.15, 0.2) is 0 Å². The second kappa shape index (κ2) is 5.90. The third-order valence-corrected chi connectivity index (χ3v) is 3.60. The van der Waals surface area contributed by atoms with Gasteiger partial charge in [0.1, 0.15) is 11.6 Å². The molecule has 0 aliphatic rings. The Balaban J connectivity index is 2.19. The Labute approximate surface area is 122 Å². The molecule has 1 unspecified atom stereocenters. The zero-order valence-corrected chi connectivity index (χ0v) is 11.9. The van der Waals surface area contributed by atoms with Gasteiger partial charge in [-0.2, -0.15) is 0 Å². The summed E-state index contributed by atoms with van der Waals surface area (Å²) < 4.78 is 27.1. The van der Waals surface area contributed by atoms with Gasteiger partial charge in [-0.25, -0.2) is 8.78 Å². The molecule has 0 aromatic heterocycles. The zero-order valence-electron chi connectivity index (χ0n) is 11.2. The number of hydrogen-bond donors (Lipinski definition) is 1. The van der Waals surface area contributed by atoms with Crippen molar-refractivity contribution in [1.29, 1.82) is 0 Å². The van der Waals surface area contributed by atoms with E-state index in [2.05, 4.69) is 0 Å². The predicted molar refractivity (Wildman–Crippen MR) is 77.8 cm³/mol. The molecule has 0 heterocycles. The maximum atomic E-state index is 13.7. The summed E-state index contributed by atoms with van der Waals surface area (Å²) in [5, 5.41) is 0.0812. The molecule has 0 saturated heterocycles. The highest BCUT2D eigenvalue weighted by Gasteiger charge is 2.23. The van der Waals surface area contributed by atoms with Crippen molar-refractivity contribution < 1.29 is 8.78 Å². The van der Waals surface area contributed by atoms with E-state index in [-0.39, 0.29) is 10.8 Å². The standard InChI is InChI=1S/C16H16ClF2N/c1-16(20,9-11-5-2-3-7-13(11)18)10-12-6-4-8-14(19)15(12)17/h2-8H,9-10,20H2,1H3. The largest absolute Gasteiger partial charge is 0.325 e. The Morgan fingerprint density at radius 1 is 0.950 bits per heavy atom. The van der Waals surface area contributed by atoms with Crippen LogP contribution in [0.25, 0.3) is 0 Å². The summed E-state index contributed by atoms with van der Waals surface area (Å²) in [6, 6.07) is 11.1. The van der Waals surface area contributed by atoms with Gasteiger partial charge >= 0.3 is 0 Å². The van der Waals surface area contributed by atoms with Crippen LogP contribution in [0.1, 0.15) is 18.1 Å². The molecule has 0 bridgehead atoms. The molecule has 0 fully saturated rings. The topological polar surface area (TPSA) is 26.0 Å². The molecule has 0 radical (unpaired) electrons. The molecule has 4 heteroatoms. The van der Waals surface area contributed by atoms with Crippen molar-refractivity contribution in [1.82, 2.24) is 0 Å². The van der Waals surface area contributed by atoms with Crippen LogP contribution in [0.2, 0.25) is 5.02 Å². The Kier molecular flexibility index (Phi) is 4.41. The molecular weight excluding hydrogens is 280 g/mol. The van der Waals surface area contributed by atoms with E-state index in [1.165, 1.54) is 12.1 Å². The number of nitrogens with two attached hydrogens (primary N) is 1.